The molecular formula is C10H12ClF2NO. The Morgan fingerprint density at radius 1 is 1.40 bits per heavy atom. The van der Waals surface area contributed by atoms with Crippen molar-refractivity contribution in [3.63, 3.8) is 0 Å². The van der Waals surface area contributed by atoms with Gasteiger partial charge in [-0.25, -0.2) is 0 Å². The molecule has 0 aromatic heterocycles. The summed E-state index contributed by atoms with van der Waals surface area (Å²) in [6.45, 7) is 0.699. The molecule has 1 atom stereocenters. The number of ether oxygens (including phenoxy) is 1. The Balaban J connectivity index is 0.00000196. The summed E-state index contributed by atoms with van der Waals surface area (Å²) in [5.41, 5.74) is 6.33. The lowest BCUT2D eigenvalue weighted by Gasteiger charge is -2.09. The van der Waals surface area contributed by atoms with Crippen molar-refractivity contribution in [2.24, 2.45) is 5.73 Å². The standard InChI is InChI=1S/C10H11F2NO.ClH/c1-2-9(13)7-4-3-5-8(6-7)14-10(11)12;/h2-6,9-10H,1,13H2;1H/t9-;/m0./s1. The van der Waals surface area contributed by atoms with Crippen LogP contribution in [-0.2, 0) is 0 Å². The topological polar surface area (TPSA) is 35.2 Å². The van der Waals surface area contributed by atoms with Gasteiger partial charge in [0.2, 0.25) is 0 Å². The van der Waals surface area contributed by atoms with Gasteiger partial charge in [-0.2, -0.15) is 8.78 Å². The molecule has 0 radical (unpaired) electrons. The van der Waals surface area contributed by atoms with Gasteiger partial charge in [-0.3, -0.25) is 0 Å². The SMILES string of the molecule is C=C[C@H](N)c1cccc(OC(F)F)c1.Cl. The summed E-state index contributed by atoms with van der Waals surface area (Å²) in [5.74, 6) is 0.106. The molecule has 0 fully saturated rings. The molecule has 0 amide bonds. The number of nitrogens with two attached hydrogens (primary N) is 1. The Hall–Kier alpha value is -1.13. The minimum atomic E-state index is -2.81. The van der Waals surface area contributed by atoms with Crippen LogP contribution in [0, 0.1) is 0 Å². The summed E-state index contributed by atoms with van der Waals surface area (Å²) >= 11 is 0. The smallest absolute Gasteiger partial charge is 0.387 e. The monoisotopic (exact) mass is 235 g/mol. The van der Waals surface area contributed by atoms with Crippen LogP contribution in [-0.4, -0.2) is 6.61 Å². The Morgan fingerprint density at radius 2 is 2.07 bits per heavy atom. The van der Waals surface area contributed by atoms with Crippen LogP contribution in [0.1, 0.15) is 11.6 Å². The molecule has 0 saturated heterocycles. The molecule has 5 heteroatoms. The first-order valence-corrected chi connectivity index (χ1v) is 4.06. The van der Waals surface area contributed by atoms with Crippen LogP contribution < -0.4 is 10.5 Å². The Morgan fingerprint density at radius 3 is 2.60 bits per heavy atom. The van der Waals surface area contributed by atoms with E-state index in [2.05, 4.69) is 11.3 Å². The summed E-state index contributed by atoms with van der Waals surface area (Å²) in [4.78, 5) is 0. The highest BCUT2D eigenvalue weighted by atomic mass is 35.5. The van der Waals surface area contributed by atoms with Crippen molar-refractivity contribution < 1.29 is 13.5 Å². The van der Waals surface area contributed by atoms with Crippen LogP contribution in [0.5, 0.6) is 5.75 Å². The van der Waals surface area contributed by atoms with Crippen molar-refractivity contribution in [1.82, 2.24) is 0 Å². The molecule has 0 aliphatic heterocycles. The van der Waals surface area contributed by atoms with Crippen molar-refractivity contribution in [2.75, 3.05) is 0 Å². The molecule has 0 aliphatic carbocycles. The van der Waals surface area contributed by atoms with Gasteiger partial charge >= 0.3 is 6.61 Å². The van der Waals surface area contributed by atoms with Gasteiger partial charge in [0, 0.05) is 6.04 Å². The molecule has 2 N–H and O–H groups in total. The summed E-state index contributed by atoms with van der Waals surface area (Å²) in [6.07, 6.45) is 1.53. The molecule has 1 aromatic carbocycles. The Bertz CT molecular complexity index is 320. The first-order valence-electron chi connectivity index (χ1n) is 4.06. The molecule has 0 aliphatic rings. The number of hydrogen-bond donors (Lipinski definition) is 1. The number of benzene rings is 1. The zero-order chi connectivity index (χ0) is 10.6. The zero-order valence-corrected chi connectivity index (χ0v) is 8.71. The van der Waals surface area contributed by atoms with E-state index in [9.17, 15) is 8.78 Å². The number of alkyl halides is 2. The van der Waals surface area contributed by atoms with E-state index in [-0.39, 0.29) is 24.2 Å². The van der Waals surface area contributed by atoms with Crippen molar-refractivity contribution in [1.29, 1.82) is 0 Å². The quantitative estimate of drug-likeness (QED) is 0.815. The third-order valence-electron chi connectivity index (χ3n) is 1.72. The molecule has 0 saturated carbocycles. The lowest BCUT2D eigenvalue weighted by atomic mass is 10.1. The van der Waals surface area contributed by atoms with Crippen LogP contribution >= 0.6 is 12.4 Å². The Kier molecular flexibility index (Phi) is 5.89. The third kappa shape index (κ3) is 4.27. The molecule has 1 aromatic rings. The molecule has 1 rings (SSSR count). The van der Waals surface area contributed by atoms with Crippen molar-refractivity contribution in [3.8, 4) is 5.75 Å². The normalized spacial score (nSPS) is 11.7. The fraction of sp³-hybridized carbons (Fsp3) is 0.200. The first kappa shape index (κ1) is 13.9. The van der Waals surface area contributed by atoms with E-state index in [0.717, 1.165) is 0 Å². The van der Waals surface area contributed by atoms with E-state index in [1.807, 2.05) is 0 Å². The fourth-order valence-electron chi connectivity index (χ4n) is 1.03. The van der Waals surface area contributed by atoms with E-state index in [1.54, 1.807) is 12.1 Å². The molecule has 0 spiro atoms. The van der Waals surface area contributed by atoms with Crippen molar-refractivity contribution >= 4 is 12.4 Å². The second-order valence-corrected chi connectivity index (χ2v) is 2.71. The summed E-state index contributed by atoms with van der Waals surface area (Å²) < 4.78 is 27.9. The van der Waals surface area contributed by atoms with Gasteiger partial charge in [0.05, 0.1) is 0 Å². The molecule has 2 nitrogen and oxygen atoms in total. The lowest BCUT2D eigenvalue weighted by molar-refractivity contribution is -0.0498. The van der Waals surface area contributed by atoms with Crippen LogP contribution in [0.4, 0.5) is 8.78 Å². The molecule has 0 unspecified atom stereocenters. The van der Waals surface area contributed by atoms with Gasteiger partial charge in [-0.1, -0.05) is 18.2 Å². The van der Waals surface area contributed by atoms with E-state index in [4.69, 9.17) is 5.73 Å². The predicted molar refractivity (Wildman–Crippen MR) is 57.4 cm³/mol. The second-order valence-electron chi connectivity index (χ2n) is 2.71. The average Bonchev–Trinajstić information content (AvgIpc) is 2.16. The van der Waals surface area contributed by atoms with Gasteiger partial charge < -0.3 is 10.5 Å². The minimum Gasteiger partial charge on any atom is -0.435 e. The predicted octanol–water partition coefficient (Wildman–Crippen LogP) is 2.90. The number of halogens is 3. The van der Waals surface area contributed by atoms with Crippen LogP contribution in [0.3, 0.4) is 0 Å². The average molecular weight is 236 g/mol. The van der Waals surface area contributed by atoms with Crippen molar-refractivity contribution in [2.45, 2.75) is 12.7 Å². The molecular weight excluding hydrogens is 224 g/mol. The molecule has 0 bridgehead atoms. The summed E-state index contributed by atoms with van der Waals surface area (Å²) in [5, 5.41) is 0. The van der Waals surface area contributed by atoms with Gasteiger partial charge in [-0.05, 0) is 17.7 Å². The molecule has 84 valence electrons. The van der Waals surface area contributed by atoms with Crippen molar-refractivity contribution in [3.05, 3.63) is 42.5 Å². The molecule has 0 heterocycles. The van der Waals surface area contributed by atoms with Gasteiger partial charge in [-0.15, -0.1) is 19.0 Å². The van der Waals surface area contributed by atoms with Gasteiger partial charge in [0.1, 0.15) is 5.75 Å². The summed E-state index contributed by atoms with van der Waals surface area (Å²) in [7, 11) is 0. The number of rotatable bonds is 4. The summed E-state index contributed by atoms with van der Waals surface area (Å²) in [6, 6.07) is 5.89. The highest BCUT2D eigenvalue weighted by Gasteiger charge is 2.06. The highest BCUT2D eigenvalue weighted by molar-refractivity contribution is 5.85. The maximum absolute atomic E-state index is 11.9. The van der Waals surface area contributed by atoms with E-state index in [0.29, 0.717) is 5.56 Å². The highest BCUT2D eigenvalue weighted by Crippen LogP contribution is 2.19. The van der Waals surface area contributed by atoms with Crippen LogP contribution in [0.25, 0.3) is 0 Å². The van der Waals surface area contributed by atoms with Gasteiger partial charge in [0.25, 0.3) is 0 Å². The third-order valence-corrected chi connectivity index (χ3v) is 1.72. The van der Waals surface area contributed by atoms with Gasteiger partial charge in [0.15, 0.2) is 0 Å². The first-order chi connectivity index (χ1) is 6.63. The minimum absolute atomic E-state index is 0. The van der Waals surface area contributed by atoms with E-state index >= 15 is 0 Å². The van der Waals surface area contributed by atoms with E-state index < -0.39 is 6.61 Å². The zero-order valence-electron chi connectivity index (χ0n) is 7.90. The van der Waals surface area contributed by atoms with Crippen LogP contribution in [0.2, 0.25) is 0 Å². The van der Waals surface area contributed by atoms with Crippen LogP contribution in [0.15, 0.2) is 36.9 Å². The fourth-order valence-corrected chi connectivity index (χ4v) is 1.03. The largest absolute Gasteiger partial charge is 0.435 e. The maximum atomic E-state index is 11.9. The number of hydrogen-bond acceptors (Lipinski definition) is 2. The maximum Gasteiger partial charge on any atom is 0.387 e. The Labute approximate surface area is 93.1 Å². The lowest BCUT2D eigenvalue weighted by Crippen LogP contribution is -2.07. The van der Waals surface area contributed by atoms with E-state index in [1.165, 1.54) is 18.2 Å². The molecule has 15 heavy (non-hydrogen) atoms. The second kappa shape index (κ2) is 6.37.